The SMILES string of the molecule is CCOc1ccc(N2C[C@H](C(=O)N3CCN(c4ccccc4)CC3)CC2=O)cc1. The zero-order valence-electron chi connectivity index (χ0n) is 16.8. The fourth-order valence-corrected chi connectivity index (χ4v) is 4.09. The Labute approximate surface area is 171 Å². The molecule has 2 amide bonds. The van der Waals surface area contributed by atoms with E-state index in [0.717, 1.165) is 24.5 Å². The van der Waals surface area contributed by atoms with Crippen molar-refractivity contribution in [3.63, 3.8) is 0 Å². The highest BCUT2D eigenvalue weighted by atomic mass is 16.5. The summed E-state index contributed by atoms with van der Waals surface area (Å²) in [6.07, 6.45) is 0.283. The summed E-state index contributed by atoms with van der Waals surface area (Å²) in [6.45, 7) is 6.02. The summed E-state index contributed by atoms with van der Waals surface area (Å²) in [5.74, 6) is 0.624. The van der Waals surface area contributed by atoms with Crippen LogP contribution < -0.4 is 14.5 Å². The van der Waals surface area contributed by atoms with Crippen molar-refractivity contribution in [2.75, 3.05) is 49.1 Å². The second-order valence-electron chi connectivity index (χ2n) is 7.48. The molecule has 4 rings (SSSR count). The number of para-hydroxylation sites is 1. The number of hydrogen-bond acceptors (Lipinski definition) is 4. The zero-order valence-corrected chi connectivity index (χ0v) is 16.8. The largest absolute Gasteiger partial charge is 0.494 e. The lowest BCUT2D eigenvalue weighted by molar-refractivity contribution is -0.136. The third-order valence-electron chi connectivity index (χ3n) is 5.65. The maximum Gasteiger partial charge on any atom is 0.228 e. The van der Waals surface area contributed by atoms with Gasteiger partial charge in [-0.1, -0.05) is 18.2 Å². The number of ether oxygens (including phenoxy) is 1. The van der Waals surface area contributed by atoms with Crippen molar-refractivity contribution in [3.05, 3.63) is 54.6 Å². The minimum absolute atomic E-state index is 0.00966. The summed E-state index contributed by atoms with van der Waals surface area (Å²) in [7, 11) is 0. The quantitative estimate of drug-likeness (QED) is 0.784. The number of nitrogens with zero attached hydrogens (tertiary/aromatic N) is 3. The van der Waals surface area contributed by atoms with Gasteiger partial charge in [0, 0.05) is 50.5 Å². The average Bonchev–Trinajstić information content (AvgIpc) is 3.16. The second-order valence-corrected chi connectivity index (χ2v) is 7.48. The van der Waals surface area contributed by atoms with Gasteiger partial charge in [-0.3, -0.25) is 9.59 Å². The molecule has 6 heteroatoms. The molecule has 0 N–H and O–H groups in total. The molecule has 2 saturated heterocycles. The summed E-state index contributed by atoms with van der Waals surface area (Å²) >= 11 is 0. The van der Waals surface area contributed by atoms with E-state index in [-0.39, 0.29) is 24.2 Å². The molecule has 0 spiro atoms. The third kappa shape index (κ3) is 4.21. The Balaban J connectivity index is 1.35. The van der Waals surface area contributed by atoms with Crippen molar-refractivity contribution >= 4 is 23.2 Å². The van der Waals surface area contributed by atoms with Crippen LogP contribution >= 0.6 is 0 Å². The van der Waals surface area contributed by atoms with Gasteiger partial charge in [-0.25, -0.2) is 0 Å². The Morgan fingerprint density at radius 2 is 1.66 bits per heavy atom. The van der Waals surface area contributed by atoms with Crippen LogP contribution in [0.4, 0.5) is 11.4 Å². The Hall–Kier alpha value is -3.02. The zero-order chi connectivity index (χ0) is 20.2. The Bertz CT molecular complexity index is 845. The first-order chi connectivity index (χ1) is 14.2. The highest BCUT2D eigenvalue weighted by molar-refractivity contribution is 6.00. The van der Waals surface area contributed by atoms with Crippen LogP contribution in [0.5, 0.6) is 5.75 Å². The Kier molecular flexibility index (Phi) is 5.69. The Morgan fingerprint density at radius 1 is 0.966 bits per heavy atom. The molecule has 0 saturated carbocycles. The van der Waals surface area contributed by atoms with E-state index in [1.54, 1.807) is 4.90 Å². The van der Waals surface area contributed by atoms with Gasteiger partial charge in [0.1, 0.15) is 5.75 Å². The van der Waals surface area contributed by atoms with Crippen LogP contribution in [-0.2, 0) is 9.59 Å². The molecule has 2 aliphatic rings. The lowest BCUT2D eigenvalue weighted by atomic mass is 10.1. The predicted molar refractivity (Wildman–Crippen MR) is 113 cm³/mol. The molecule has 0 bridgehead atoms. The van der Waals surface area contributed by atoms with Crippen LogP contribution in [0, 0.1) is 5.92 Å². The molecule has 152 valence electrons. The van der Waals surface area contributed by atoms with Gasteiger partial charge in [0.2, 0.25) is 11.8 Å². The van der Waals surface area contributed by atoms with Gasteiger partial charge in [-0.05, 0) is 43.3 Å². The van der Waals surface area contributed by atoms with Crippen molar-refractivity contribution in [3.8, 4) is 5.75 Å². The molecular formula is C23H27N3O3. The van der Waals surface area contributed by atoms with Crippen LogP contribution in [0.2, 0.25) is 0 Å². The number of anilines is 2. The highest BCUT2D eigenvalue weighted by Gasteiger charge is 2.37. The summed E-state index contributed by atoms with van der Waals surface area (Å²) in [6, 6.07) is 17.8. The van der Waals surface area contributed by atoms with Crippen LogP contribution in [0.3, 0.4) is 0 Å². The van der Waals surface area contributed by atoms with E-state index in [0.29, 0.717) is 26.2 Å². The Morgan fingerprint density at radius 3 is 2.31 bits per heavy atom. The maximum atomic E-state index is 13.0. The number of hydrogen-bond donors (Lipinski definition) is 0. The van der Waals surface area contributed by atoms with E-state index >= 15 is 0 Å². The van der Waals surface area contributed by atoms with Gasteiger partial charge < -0.3 is 19.4 Å². The van der Waals surface area contributed by atoms with Crippen molar-refractivity contribution in [2.45, 2.75) is 13.3 Å². The van der Waals surface area contributed by atoms with E-state index in [4.69, 9.17) is 4.74 Å². The minimum atomic E-state index is -0.266. The molecule has 2 aromatic rings. The molecule has 29 heavy (non-hydrogen) atoms. The van der Waals surface area contributed by atoms with E-state index in [9.17, 15) is 9.59 Å². The summed E-state index contributed by atoms with van der Waals surface area (Å²) in [4.78, 5) is 31.5. The number of benzene rings is 2. The number of carbonyl (C=O) groups excluding carboxylic acids is 2. The normalized spacial score (nSPS) is 19.6. The van der Waals surface area contributed by atoms with E-state index in [2.05, 4.69) is 17.0 Å². The van der Waals surface area contributed by atoms with Gasteiger partial charge in [0.15, 0.2) is 0 Å². The molecule has 6 nitrogen and oxygen atoms in total. The summed E-state index contributed by atoms with van der Waals surface area (Å²) in [5, 5.41) is 0. The first kappa shape index (κ1) is 19.3. The van der Waals surface area contributed by atoms with Crippen molar-refractivity contribution < 1.29 is 14.3 Å². The molecule has 2 aliphatic heterocycles. The maximum absolute atomic E-state index is 13.0. The number of amides is 2. The number of piperazine rings is 1. The van der Waals surface area contributed by atoms with Gasteiger partial charge >= 0.3 is 0 Å². The molecule has 1 atom stereocenters. The molecule has 2 aromatic carbocycles. The van der Waals surface area contributed by atoms with Gasteiger partial charge in [0.25, 0.3) is 0 Å². The lowest BCUT2D eigenvalue weighted by Crippen LogP contribution is -2.50. The van der Waals surface area contributed by atoms with E-state index < -0.39 is 0 Å². The van der Waals surface area contributed by atoms with Crippen LogP contribution in [0.25, 0.3) is 0 Å². The van der Waals surface area contributed by atoms with Crippen molar-refractivity contribution in [1.82, 2.24) is 4.90 Å². The van der Waals surface area contributed by atoms with Crippen molar-refractivity contribution in [1.29, 1.82) is 0 Å². The van der Waals surface area contributed by atoms with Crippen LogP contribution in [0.15, 0.2) is 54.6 Å². The molecule has 0 radical (unpaired) electrons. The molecule has 0 unspecified atom stereocenters. The second kappa shape index (κ2) is 8.55. The fraction of sp³-hybridized carbons (Fsp3) is 0.391. The monoisotopic (exact) mass is 393 g/mol. The van der Waals surface area contributed by atoms with E-state index in [1.807, 2.05) is 54.3 Å². The smallest absolute Gasteiger partial charge is 0.228 e. The van der Waals surface area contributed by atoms with Crippen LogP contribution in [-0.4, -0.2) is 56.0 Å². The van der Waals surface area contributed by atoms with Crippen molar-refractivity contribution in [2.24, 2.45) is 5.92 Å². The average molecular weight is 393 g/mol. The molecule has 2 fully saturated rings. The topological polar surface area (TPSA) is 53.1 Å². The van der Waals surface area contributed by atoms with Crippen LogP contribution in [0.1, 0.15) is 13.3 Å². The predicted octanol–water partition coefficient (Wildman–Crippen LogP) is 2.79. The molecule has 0 aromatic heterocycles. The summed E-state index contributed by atoms with van der Waals surface area (Å²) < 4.78 is 5.46. The molecule has 2 heterocycles. The van der Waals surface area contributed by atoms with Gasteiger partial charge in [0.05, 0.1) is 12.5 Å². The first-order valence-electron chi connectivity index (χ1n) is 10.3. The van der Waals surface area contributed by atoms with Gasteiger partial charge in [-0.15, -0.1) is 0 Å². The number of rotatable bonds is 5. The molecular weight excluding hydrogens is 366 g/mol. The fourth-order valence-electron chi connectivity index (χ4n) is 4.09. The molecule has 0 aliphatic carbocycles. The summed E-state index contributed by atoms with van der Waals surface area (Å²) in [5.41, 5.74) is 2.01. The standard InChI is InChI=1S/C23H27N3O3/c1-2-29-21-10-8-20(9-11-21)26-17-18(16-22(26)27)23(28)25-14-12-24(13-15-25)19-6-4-3-5-7-19/h3-11,18H,2,12-17H2,1H3/t18-/m1/s1. The highest BCUT2D eigenvalue weighted by Crippen LogP contribution is 2.28. The minimum Gasteiger partial charge on any atom is -0.494 e. The third-order valence-corrected chi connectivity index (χ3v) is 5.65. The van der Waals surface area contributed by atoms with E-state index in [1.165, 1.54) is 5.69 Å². The first-order valence-corrected chi connectivity index (χ1v) is 10.3. The lowest BCUT2D eigenvalue weighted by Gasteiger charge is -2.37. The van der Waals surface area contributed by atoms with Gasteiger partial charge in [-0.2, -0.15) is 0 Å². The number of carbonyl (C=O) groups is 2.